The van der Waals surface area contributed by atoms with Crippen molar-refractivity contribution in [1.29, 1.82) is 0 Å². The molecule has 2 heterocycles. The molecule has 0 unspecified atom stereocenters. The number of nitrogens with one attached hydrogen (secondary N) is 2. The van der Waals surface area contributed by atoms with Crippen LogP contribution in [0.2, 0.25) is 0 Å². The Hall–Kier alpha value is -1.92. The van der Waals surface area contributed by atoms with E-state index in [-0.39, 0.29) is 12.1 Å². The van der Waals surface area contributed by atoms with Crippen molar-refractivity contribution < 1.29 is 4.79 Å². The zero-order valence-corrected chi connectivity index (χ0v) is 13.1. The number of rotatable bonds is 6. The molecule has 0 bridgehead atoms. The molecular weight excluding hydrogens is 284 g/mol. The molecule has 6 heteroatoms. The molecule has 0 saturated heterocycles. The molecule has 112 valence electrons. The molecule has 2 amide bonds. The number of thiophene rings is 1. The normalized spacial score (nSPS) is 12.1. The van der Waals surface area contributed by atoms with Gasteiger partial charge < -0.3 is 15.5 Å². The number of urea groups is 1. The second-order valence-corrected chi connectivity index (χ2v) is 5.86. The maximum atomic E-state index is 11.8. The molecule has 0 aliphatic carbocycles. The molecule has 21 heavy (non-hydrogen) atoms. The predicted octanol–water partition coefficient (Wildman–Crippen LogP) is 2.25. The average Bonchev–Trinajstić information content (AvgIpc) is 3.00. The van der Waals surface area contributed by atoms with Gasteiger partial charge in [-0.2, -0.15) is 0 Å². The van der Waals surface area contributed by atoms with E-state index in [2.05, 4.69) is 26.6 Å². The Morgan fingerprint density at radius 1 is 1.29 bits per heavy atom. The van der Waals surface area contributed by atoms with Gasteiger partial charge in [0.05, 0.1) is 18.3 Å². The second-order valence-electron chi connectivity index (χ2n) is 4.88. The molecule has 0 saturated carbocycles. The van der Waals surface area contributed by atoms with Crippen molar-refractivity contribution in [2.24, 2.45) is 0 Å². The molecule has 2 N–H and O–H groups in total. The van der Waals surface area contributed by atoms with Crippen molar-refractivity contribution in [3.05, 3.63) is 52.5 Å². The third-order valence-electron chi connectivity index (χ3n) is 3.11. The number of hydrogen-bond donors (Lipinski definition) is 2. The lowest BCUT2D eigenvalue weighted by atomic mass is 10.2. The molecule has 0 aliphatic heterocycles. The number of hydrogen-bond acceptors (Lipinski definition) is 4. The Balaban J connectivity index is 1.80. The number of carbonyl (C=O) groups is 1. The van der Waals surface area contributed by atoms with E-state index in [1.54, 1.807) is 17.5 Å². The summed E-state index contributed by atoms with van der Waals surface area (Å²) in [6.07, 6.45) is 1.72. The lowest BCUT2D eigenvalue weighted by molar-refractivity contribution is 0.233. The van der Waals surface area contributed by atoms with Gasteiger partial charge in [-0.1, -0.05) is 12.1 Å². The van der Waals surface area contributed by atoms with Crippen LogP contribution in [0.5, 0.6) is 0 Å². The van der Waals surface area contributed by atoms with E-state index in [4.69, 9.17) is 0 Å². The monoisotopic (exact) mass is 304 g/mol. The molecular formula is C15H20N4OS. The van der Waals surface area contributed by atoms with Crippen LogP contribution in [0.3, 0.4) is 0 Å². The fourth-order valence-electron chi connectivity index (χ4n) is 1.94. The molecule has 0 spiro atoms. The van der Waals surface area contributed by atoms with Crippen LogP contribution in [0.1, 0.15) is 16.6 Å². The highest BCUT2D eigenvalue weighted by atomic mass is 32.1. The zero-order valence-electron chi connectivity index (χ0n) is 12.2. The Morgan fingerprint density at radius 3 is 2.76 bits per heavy atom. The van der Waals surface area contributed by atoms with Gasteiger partial charge in [0.2, 0.25) is 0 Å². The fourth-order valence-corrected chi connectivity index (χ4v) is 2.87. The van der Waals surface area contributed by atoms with Crippen LogP contribution in [0.4, 0.5) is 4.79 Å². The van der Waals surface area contributed by atoms with Gasteiger partial charge in [-0.25, -0.2) is 4.79 Å². The maximum absolute atomic E-state index is 11.8. The van der Waals surface area contributed by atoms with Crippen LogP contribution in [-0.4, -0.2) is 36.6 Å². The molecule has 0 aromatic carbocycles. The summed E-state index contributed by atoms with van der Waals surface area (Å²) in [5.41, 5.74) is 0.843. The first-order valence-electron chi connectivity index (χ1n) is 6.78. The molecule has 2 aromatic heterocycles. The molecule has 2 rings (SSSR count). The highest BCUT2D eigenvalue weighted by Gasteiger charge is 2.15. The Bertz CT molecular complexity index is 542. The van der Waals surface area contributed by atoms with E-state index in [0.29, 0.717) is 13.1 Å². The lowest BCUT2D eigenvalue weighted by Crippen LogP contribution is -2.40. The van der Waals surface area contributed by atoms with Crippen LogP contribution in [0, 0.1) is 0 Å². The third-order valence-corrected chi connectivity index (χ3v) is 4.08. The number of nitrogens with zero attached hydrogens (tertiary/aromatic N) is 2. The summed E-state index contributed by atoms with van der Waals surface area (Å²) in [5.74, 6) is 0. The minimum absolute atomic E-state index is 0.177. The van der Waals surface area contributed by atoms with Gasteiger partial charge in [0, 0.05) is 17.6 Å². The van der Waals surface area contributed by atoms with Crippen molar-refractivity contribution in [1.82, 2.24) is 20.5 Å². The second kappa shape index (κ2) is 7.75. The van der Waals surface area contributed by atoms with Crippen molar-refractivity contribution in [3.8, 4) is 0 Å². The summed E-state index contributed by atoms with van der Waals surface area (Å²) >= 11 is 1.70. The molecule has 5 nitrogen and oxygen atoms in total. The minimum atomic E-state index is -0.177. The van der Waals surface area contributed by atoms with E-state index in [0.717, 1.165) is 5.69 Å². The topological polar surface area (TPSA) is 57.3 Å². The standard InChI is InChI=1S/C15H20N4OS/c1-19(2)13(14-7-5-9-21-14)11-18-15(20)17-10-12-6-3-4-8-16-12/h3-9,13H,10-11H2,1-2H3,(H2,17,18,20)/t13-/m0/s1. The first-order valence-corrected chi connectivity index (χ1v) is 7.66. The van der Waals surface area contributed by atoms with Crippen LogP contribution in [-0.2, 0) is 6.54 Å². The van der Waals surface area contributed by atoms with Crippen LogP contribution < -0.4 is 10.6 Å². The first-order chi connectivity index (χ1) is 10.2. The summed E-state index contributed by atoms with van der Waals surface area (Å²) < 4.78 is 0. The number of likely N-dealkylation sites (N-methyl/N-ethyl adjacent to an activating group) is 1. The van der Waals surface area contributed by atoms with Crippen molar-refractivity contribution >= 4 is 17.4 Å². The number of pyridine rings is 1. The van der Waals surface area contributed by atoms with Crippen molar-refractivity contribution in [3.63, 3.8) is 0 Å². The van der Waals surface area contributed by atoms with Crippen molar-refractivity contribution in [2.75, 3.05) is 20.6 Å². The Labute approximate surface area is 129 Å². The van der Waals surface area contributed by atoms with E-state index in [1.807, 2.05) is 43.7 Å². The maximum Gasteiger partial charge on any atom is 0.315 e. The molecule has 0 radical (unpaired) electrons. The lowest BCUT2D eigenvalue weighted by Gasteiger charge is -2.23. The molecule has 2 aromatic rings. The van der Waals surface area contributed by atoms with Gasteiger partial charge in [0.1, 0.15) is 0 Å². The largest absolute Gasteiger partial charge is 0.336 e. The van der Waals surface area contributed by atoms with E-state index >= 15 is 0 Å². The summed E-state index contributed by atoms with van der Waals surface area (Å²) in [6.45, 7) is 1.000. The number of aromatic nitrogens is 1. The average molecular weight is 304 g/mol. The van der Waals surface area contributed by atoms with Gasteiger partial charge in [0.25, 0.3) is 0 Å². The number of carbonyl (C=O) groups excluding carboxylic acids is 1. The summed E-state index contributed by atoms with van der Waals surface area (Å²) in [4.78, 5) is 19.4. The predicted molar refractivity (Wildman–Crippen MR) is 85.2 cm³/mol. The molecule has 0 aliphatic rings. The van der Waals surface area contributed by atoms with Gasteiger partial charge in [-0.3, -0.25) is 4.98 Å². The number of amides is 2. The fraction of sp³-hybridized carbons (Fsp3) is 0.333. The minimum Gasteiger partial charge on any atom is -0.336 e. The van der Waals surface area contributed by atoms with E-state index < -0.39 is 0 Å². The summed E-state index contributed by atoms with van der Waals surface area (Å²) in [6, 6.07) is 9.76. The molecule has 1 atom stereocenters. The van der Waals surface area contributed by atoms with Gasteiger partial charge in [-0.05, 0) is 37.7 Å². The Morgan fingerprint density at radius 2 is 2.14 bits per heavy atom. The van der Waals surface area contributed by atoms with Crippen LogP contribution in [0.25, 0.3) is 0 Å². The molecule has 0 fully saturated rings. The van der Waals surface area contributed by atoms with E-state index in [1.165, 1.54) is 4.88 Å². The quantitative estimate of drug-likeness (QED) is 0.860. The van der Waals surface area contributed by atoms with Gasteiger partial charge >= 0.3 is 6.03 Å². The highest BCUT2D eigenvalue weighted by Crippen LogP contribution is 2.22. The van der Waals surface area contributed by atoms with Gasteiger partial charge in [-0.15, -0.1) is 11.3 Å². The summed E-state index contributed by atoms with van der Waals surface area (Å²) in [5, 5.41) is 7.77. The first kappa shape index (κ1) is 15.5. The van der Waals surface area contributed by atoms with Crippen LogP contribution >= 0.6 is 11.3 Å². The van der Waals surface area contributed by atoms with E-state index in [9.17, 15) is 4.79 Å². The van der Waals surface area contributed by atoms with Crippen molar-refractivity contribution in [2.45, 2.75) is 12.6 Å². The zero-order chi connectivity index (χ0) is 15.1. The van der Waals surface area contributed by atoms with Crippen LogP contribution in [0.15, 0.2) is 41.9 Å². The highest BCUT2D eigenvalue weighted by molar-refractivity contribution is 7.10. The van der Waals surface area contributed by atoms with Gasteiger partial charge in [0.15, 0.2) is 0 Å². The third kappa shape index (κ3) is 4.84. The SMILES string of the molecule is CN(C)[C@@H](CNC(=O)NCc1ccccn1)c1cccs1. The summed E-state index contributed by atoms with van der Waals surface area (Å²) in [7, 11) is 4.02. The smallest absolute Gasteiger partial charge is 0.315 e. The Kier molecular flexibility index (Phi) is 5.71.